The molecule has 0 bridgehead atoms. The minimum Gasteiger partial charge on any atom is -0.496 e. The zero-order chi connectivity index (χ0) is 15.7. The number of nitrogens with zero attached hydrogens (tertiary/aromatic N) is 1. The van der Waals surface area contributed by atoms with Gasteiger partial charge in [0, 0.05) is 21.0 Å². The minimum atomic E-state index is -1.24. The van der Waals surface area contributed by atoms with Crippen molar-refractivity contribution in [3.05, 3.63) is 27.7 Å². The zero-order valence-corrected chi connectivity index (χ0v) is 13.4. The van der Waals surface area contributed by atoms with Crippen LogP contribution in [0.25, 0.3) is 0 Å². The van der Waals surface area contributed by atoms with Gasteiger partial charge in [0.05, 0.1) is 7.11 Å². The van der Waals surface area contributed by atoms with E-state index in [9.17, 15) is 9.32 Å². The Balaban J connectivity index is 1.88. The Morgan fingerprint density at radius 3 is 3.05 bits per heavy atom. The second-order valence-electron chi connectivity index (χ2n) is 5.30. The topological polar surface area (TPSA) is 69.2 Å². The lowest BCUT2D eigenvalue weighted by Gasteiger charge is -2.31. The molecule has 1 N–H and O–H groups in total. The molecule has 118 valence electrons. The largest absolute Gasteiger partial charge is 0.496 e. The van der Waals surface area contributed by atoms with Gasteiger partial charge in [0.25, 0.3) is 6.02 Å². The number of fused-ring (bicyclic) bond motifs is 1. The van der Waals surface area contributed by atoms with Gasteiger partial charge in [-0.15, -0.1) is 0 Å². The number of hydrogen-bond acceptors (Lipinski definition) is 5. The van der Waals surface area contributed by atoms with Crippen LogP contribution in [0.5, 0.6) is 5.75 Å². The second-order valence-corrected chi connectivity index (χ2v) is 6.16. The molecule has 1 spiro atoms. The number of aliphatic imine (C=N–C) groups is 1. The van der Waals surface area contributed by atoms with Crippen LogP contribution in [0, 0.1) is 0 Å². The maximum atomic E-state index is 11.8. The molecule has 8 heteroatoms. The lowest BCUT2D eigenvalue weighted by Crippen LogP contribution is -2.36. The first-order valence-electron chi connectivity index (χ1n) is 6.73. The summed E-state index contributed by atoms with van der Waals surface area (Å²) in [5.41, 5.74) is 1.80. The Bertz CT molecular complexity index is 652. The van der Waals surface area contributed by atoms with Crippen LogP contribution in [0.3, 0.4) is 0 Å². The lowest BCUT2D eigenvalue weighted by molar-refractivity contribution is -0.0605. The standard InChI is InChI=1S/C14H14BrFN2O4/c1-20-11-3-2-10(15)8-4-5-14(6-9(8)11)7-21-12(18-14)17-13(19)22-16/h2-3H,4-7H2,1H3,(H,17,18,19). The van der Waals surface area contributed by atoms with Crippen molar-refractivity contribution in [2.45, 2.75) is 24.8 Å². The normalized spacial score (nSPS) is 22.6. The van der Waals surface area contributed by atoms with Crippen molar-refractivity contribution >= 4 is 28.0 Å². The number of amidine groups is 1. The van der Waals surface area contributed by atoms with E-state index >= 15 is 0 Å². The highest BCUT2D eigenvalue weighted by Gasteiger charge is 2.41. The number of hydrogen-bond donors (Lipinski definition) is 1. The smallest absolute Gasteiger partial charge is 0.452 e. The Hall–Kier alpha value is -1.83. The van der Waals surface area contributed by atoms with Gasteiger partial charge in [0.15, 0.2) is 0 Å². The summed E-state index contributed by atoms with van der Waals surface area (Å²) >= 11 is 3.56. The molecule has 1 heterocycles. The van der Waals surface area contributed by atoms with Crippen LogP contribution >= 0.6 is 15.9 Å². The molecule has 0 saturated heterocycles. The number of methoxy groups -OCH3 is 1. The molecule has 1 aliphatic heterocycles. The van der Waals surface area contributed by atoms with E-state index < -0.39 is 11.6 Å². The molecule has 1 amide bonds. The lowest BCUT2D eigenvalue weighted by atomic mass is 9.78. The van der Waals surface area contributed by atoms with Gasteiger partial charge in [-0.25, -0.2) is 20.0 Å². The van der Waals surface area contributed by atoms with Crippen LogP contribution in [-0.4, -0.2) is 31.4 Å². The number of benzene rings is 1. The highest BCUT2D eigenvalue weighted by molar-refractivity contribution is 9.10. The van der Waals surface area contributed by atoms with Crippen LogP contribution in [0.15, 0.2) is 21.6 Å². The van der Waals surface area contributed by atoms with E-state index in [4.69, 9.17) is 9.47 Å². The first kappa shape index (κ1) is 15.1. The van der Waals surface area contributed by atoms with Crippen molar-refractivity contribution in [3.63, 3.8) is 0 Å². The summed E-state index contributed by atoms with van der Waals surface area (Å²) in [6.45, 7) is 0.323. The fraction of sp³-hybridized carbons (Fsp3) is 0.429. The van der Waals surface area contributed by atoms with Gasteiger partial charge in [0.1, 0.15) is 17.9 Å². The summed E-state index contributed by atoms with van der Waals surface area (Å²) in [6.07, 6.45) is 0.954. The molecule has 6 nitrogen and oxygen atoms in total. The van der Waals surface area contributed by atoms with E-state index in [0.29, 0.717) is 13.0 Å². The van der Waals surface area contributed by atoms with Crippen molar-refractivity contribution in [2.24, 2.45) is 4.99 Å². The average molecular weight is 373 g/mol. The van der Waals surface area contributed by atoms with Gasteiger partial charge >= 0.3 is 6.09 Å². The van der Waals surface area contributed by atoms with Crippen molar-refractivity contribution in [1.82, 2.24) is 5.32 Å². The number of nitrogens with one attached hydrogen (secondary N) is 1. The van der Waals surface area contributed by atoms with Gasteiger partial charge in [0.2, 0.25) is 0 Å². The first-order valence-corrected chi connectivity index (χ1v) is 7.53. The monoisotopic (exact) mass is 372 g/mol. The van der Waals surface area contributed by atoms with Crippen LogP contribution in [0.4, 0.5) is 9.32 Å². The Morgan fingerprint density at radius 1 is 1.50 bits per heavy atom. The first-order chi connectivity index (χ1) is 10.6. The van der Waals surface area contributed by atoms with Crippen molar-refractivity contribution < 1.29 is 23.7 Å². The number of carbonyl (C=O) groups is 1. The summed E-state index contributed by atoms with van der Waals surface area (Å²) in [6, 6.07) is 3.86. The Kier molecular flexibility index (Phi) is 3.94. The van der Waals surface area contributed by atoms with Crippen molar-refractivity contribution in [3.8, 4) is 5.75 Å². The molecule has 0 aromatic heterocycles. The summed E-state index contributed by atoms with van der Waals surface area (Å²) < 4.78 is 23.6. The molecule has 1 aromatic rings. The van der Waals surface area contributed by atoms with E-state index in [-0.39, 0.29) is 6.02 Å². The third kappa shape index (κ3) is 2.63. The minimum absolute atomic E-state index is 0.0138. The van der Waals surface area contributed by atoms with Crippen LogP contribution < -0.4 is 10.1 Å². The highest BCUT2D eigenvalue weighted by atomic mass is 79.9. The molecule has 0 fully saturated rings. The third-order valence-corrected chi connectivity index (χ3v) is 4.74. The molecule has 0 saturated carbocycles. The van der Waals surface area contributed by atoms with E-state index in [2.05, 4.69) is 31.2 Å². The van der Waals surface area contributed by atoms with E-state index in [0.717, 1.165) is 28.6 Å². The molecule has 3 rings (SSSR count). The summed E-state index contributed by atoms with van der Waals surface area (Å²) in [5.74, 6) is 0.803. The van der Waals surface area contributed by atoms with Crippen molar-refractivity contribution in [1.29, 1.82) is 0 Å². The molecule has 22 heavy (non-hydrogen) atoms. The molecule has 2 aliphatic rings. The number of amides is 1. The van der Waals surface area contributed by atoms with Crippen molar-refractivity contribution in [2.75, 3.05) is 13.7 Å². The second kappa shape index (κ2) is 5.75. The van der Waals surface area contributed by atoms with Gasteiger partial charge in [-0.2, -0.15) is 0 Å². The third-order valence-electron chi connectivity index (χ3n) is 3.99. The molecule has 1 atom stereocenters. The number of rotatable bonds is 1. The number of carbonyl (C=O) groups excluding carboxylic acids is 1. The van der Waals surface area contributed by atoms with Gasteiger partial charge in [-0.1, -0.05) is 15.9 Å². The molecule has 1 unspecified atom stereocenters. The predicted octanol–water partition coefficient (Wildman–Crippen LogP) is 2.68. The fourth-order valence-electron chi connectivity index (χ4n) is 2.95. The molecule has 1 aliphatic carbocycles. The maximum absolute atomic E-state index is 11.8. The quantitative estimate of drug-likeness (QED) is 0.822. The summed E-state index contributed by atoms with van der Waals surface area (Å²) in [7, 11) is 1.63. The SMILES string of the molecule is COc1ccc(Br)c2c1CC1(CC2)COC(NC(=O)OF)=N1. The van der Waals surface area contributed by atoms with Crippen LogP contribution in [0.1, 0.15) is 17.5 Å². The number of ether oxygens (including phenoxy) is 2. The average Bonchev–Trinajstić information content (AvgIpc) is 2.89. The highest BCUT2D eigenvalue weighted by Crippen LogP contribution is 2.41. The molecular weight excluding hydrogens is 359 g/mol. The maximum Gasteiger partial charge on any atom is 0.452 e. The zero-order valence-electron chi connectivity index (χ0n) is 11.8. The predicted molar refractivity (Wildman–Crippen MR) is 79.6 cm³/mol. The van der Waals surface area contributed by atoms with E-state index in [1.165, 1.54) is 5.56 Å². The van der Waals surface area contributed by atoms with Gasteiger partial charge < -0.3 is 9.47 Å². The van der Waals surface area contributed by atoms with E-state index in [1.54, 1.807) is 7.11 Å². The Morgan fingerprint density at radius 2 is 2.32 bits per heavy atom. The van der Waals surface area contributed by atoms with Gasteiger partial charge in [-0.3, -0.25) is 0 Å². The van der Waals surface area contributed by atoms with Gasteiger partial charge in [-0.05, 0) is 30.5 Å². The molecule has 1 aromatic carbocycles. The molecule has 0 radical (unpaired) electrons. The number of halogens is 2. The van der Waals surface area contributed by atoms with Crippen LogP contribution in [-0.2, 0) is 22.5 Å². The summed E-state index contributed by atoms with van der Waals surface area (Å²) in [5, 5.41) is 2.12. The fourth-order valence-corrected chi connectivity index (χ4v) is 3.52. The van der Waals surface area contributed by atoms with Crippen LogP contribution in [0.2, 0.25) is 0 Å². The summed E-state index contributed by atoms with van der Waals surface area (Å²) in [4.78, 5) is 18.4. The Labute approximate surface area is 134 Å². The molecular formula is C14H14BrFN2O4. The van der Waals surface area contributed by atoms with E-state index in [1.807, 2.05) is 12.1 Å².